The van der Waals surface area contributed by atoms with Gasteiger partial charge < -0.3 is 15.4 Å². The summed E-state index contributed by atoms with van der Waals surface area (Å²) in [5.41, 5.74) is 7.22. The summed E-state index contributed by atoms with van der Waals surface area (Å²) in [5.74, 6) is 1.13. The predicted octanol–water partition coefficient (Wildman–Crippen LogP) is 2.04. The monoisotopic (exact) mass is 234 g/mol. The first-order valence-electron chi connectivity index (χ1n) is 5.91. The number of nitrogens with zero attached hydrogens (tertiary/aromatic N) is 1. The van der Waals surface area contributed by atoms with Gasteiger partial charge in [0.25, 0.3) is 0 Å². The second-order valence-corrected chi connectivity index (χ2v) is 4.69. The number of nitrogen functional groups attached to an aromatic ring is 1. The number of rotatable bonds is 2. The molecule has 1 aliphatic rings. The third-order valence-electron chi connectivity index (χ3n) is 2.76. The lowest BCUT2D eigenvalue weighted by Crippen LogP contribution is -2.38. The molecule has 1 aliphatic heterocycles. The molecule has 0 bridgehead atoms. The molecule has 0 unspecified atom stereocenters. The zero-order valence-electron chi connectivity index (χ0n) is 10.3. The van der Waals surface area contributed by atoms with Gasteiger partial charge in [0.1, 0.15) is 6.61 Å². The van der Waals surface area contributed by atoms with E-state index in [9.17, 15) is 4.79 Å². The maximum atomic E-state index is 12.1. The van der Waals surface area contributed by atoms with E-state index in [0.717, 1.165) is 5.69 Å². The molecule has 0 saturated carbocycles. The van der Waals surface area contributed by atoms with Gasteiger partial charge in [0.05, 0.1) is 17.9 Å². The molecule has 0 radical (unpaired) electrons. The lowest BCUT2D eigenvalue weighted by Gasteiger charge is -2.30. The van der Waals surface area contributed by atoms with E-state index in [-0.39, 0.29) is 5.91 Å². The molecule has 2 rings (SSSR count). The van der Waals surface area contributed by atoms with Crippen molar-refractivity contribution >= 4 is 17.3 Å². The molecule has 4 nitrogen and oxygen atoms in total. The third-order valence-corrected chi connectivity index (χ3v) is 2.76. The molecule has 0 aliphatic carbocycles. The Morgan fingerprint density at radius 3 is 3.00 bits per heavy atom. The van der Waals surface area contributed by atoms with E-state index >= 15 is 0 Å². The smallest absolute Gasteiger partial charge is 0.227 e. The molecule has 0 aromatic heterocycles. The summed E-state index contributed by atoms with van der Waals surface area (Å²) in [7, 11) is 0. The van der Waals surface area contributed by atoms with Gasteiger partial charge in [-0.15, -0.1) is 0 Å². The zero-order valence-corrected chi connectivity index (χ0v) is 10.3. The molecule has 4 heteroatoms. The summed E-state index contributed by atoms with van der Waals surface area (Å²) < 4.78 is 5.52. The summed E-state index contributed by atoms with van der Waals surface area (Å²) in [6.07, 6.45) is 0.550. The minimum absolute atomic E-state index is 0.134. The van der Waals surface area contributed by atoms with Gasteiger partial charge in [-0.3, -0.25) is 4.79 Å². The standard InChI is InChI=1S/C13H18N2O2/c1-9(2)8-12(16)15-6-7-17-13-10(14)4-3-5-11(13)15/h3-5,9H,6-8,14H2,1-2H3. The Morgan fingerprint density at radius 1 is 1.53 bits per heavy atom. The van der Waals surface area contributed by atoms with Crippen LogP contribution in [0.4, 0.5) is 11.4 Å². The second kappa shape index (κ2) is 4.65. The highest BCUT2D eigenvalue weighted by molar-refractivity contribution is 5.96. The lowest BCUT2D eigenvalue weighted by atomic mass is 10.1. The fourth-order valence-corrected chi connectivity index (χ4v) is 1.99. The van der Waals surface area contributed by atoms with Crippen molar-refractivity contribution in [2.45, 2.75) is 20.3 Å². The molecule has 17 heavy (non-hydrogen) atoms. The maximum Gasteiger partial charge on any atom is 0.227 e. The number of amides is 1. The summed E-state index contributed by atoms with van der Waals surface area (Å²) in [6.45, 7) is 5.18. The van der Waals surface area contributed by atoms with Crippen LogP contribution in [0.3, 0.4) is 0 Å². The lowest BCUT2D eigenvalue weighted by molar-refractivity contribution is -0.119. The number of anilines is 2. The number of fused-ring (bicyclic) bond motifs is 1. The Bertz CT molecular complexity index is 429. The minimum atomic E-state index is 0.134. The highest BCUT2D eigenvalue weighted by Gasteiger charge is 2.25. The van der Waals surface area contributed by atoms with E-state index in [4.69, 9.17) is 10.5 Å². The molecular formula is C13H18N2O2. The van der Waals surface area contributed by atoms with Crippen molar-refractivity contribution < 1.29 is 9.53 Å². The number of para-hydroxylation sites is 1. The molecular weight excluding hydrogens is 216 g/mol. The van der Waals surface area contributed by atoms with Gasteiger partial charge in [-0.2, -0.15) is 0 Å². The van der Waals surface area contributed by atoms with Gasteiger partial charge in [-0.25, -0.2) is 0 Å². The average molecular weight is 234 g/mol. The molecule has 1 aromatic carbocycles. The number of carbonyl (C=O) groups excluding carboxylic acids is 1. The van der Waals surface area contributed by atoms with Crippen LogP contribution in [0.5, 0.6) is 5.75 Å². The van der Waals surface area contributed by atoms with E-state index < -0.39 is 0 Å². The van der Waals surface area contributed by atoms with Crippen molar-refractivity contribution in [1.29, 1.82) is 0 Å². The van der Waals surface area contributed by atoms with Gasteiger partial charge in [0.2, 0.25) is 5.91 Å². The Morgan fingerprint density at radius 2 is 2.29 bits per heavy atom. The van der Waals surface area contributed by atoms with Crippen LogP contribution in [-0.2, 0) is 4.79 Å². The SMILES string of the molecule is CC(C)CC(=O)N1CCOc2c(N)cccc21. The molecule has 1 aromatic rings. The van der Waals surface area contributed by atoms with Crippen molar-refractivity contribution in [3.05, 3.63) is 18.2 Å². The van der Waals surface area contributed by atoms with Gasteiger partial charge in [-0.05, 0) is 18.1 Å². The number of carbonyl (C=O) groups is 1. The normalized spacial score (nSPS) is 14.4. The van der Waals surface area contributed by atoms with Crippen molar-refractivity contribution in [2.75, 3.05) is 23.8 Å². The van der Waals surface area contributed by atoms with Crippen LogP contribution in [0, 0.1) is 5.92 Å². The van der Waals surface area contributed by atoms with Crippen molar-refractivity contribution in [2.24, 2.45) is 5.92 Å². The van der Waals surface area contributed by atoms with Gasteiger partial charge in [0, 0.05) is 6.42 Å². The quantitative estimate of drug-likeness (QED) is 0.797. The zero-order chi connectivity index (χ0) is 12.4. The highest BCUT2D eigenvalue weighted by atomic mass is 16.5. The number of benzene rings is 1. The van der Waals surface area contributed by atoms with Crippen LogP contribution in [0.1, 0.15) is 20.3 Å². The second-order valence-electron chi connectivity index (χ2n) is 4.69. The van der Waals surface area contributed by atoms with Crippen molar-refractivity contribution in [1.82, 2.24) is 0 Å². The predicted molar refractivity (Wildman–Crippen MR) is 68.2 cm³/mol. The van der Waals surface area contributed by atoms with E-state index in [1.807, 2.05) is 26.0 Å². The van der Waals surface area contributed by atoms with Crippen LogP contribution >= 0.6 is 0 Å². The van der Waals surface area contributed by atoms with Crippen LogP contribution in [0.2, 0.25) is 0 Å². The van der Waals surface area contributed by atoms with Gasteiger partial charge in [-0.1, -0.05) is 19.9 Å². The molecule has 0 fully saturated rings. The molecule has 1 amide bonds. The van der Waals surface area contributed by atoms with E-state index in [2.05, 4.69) is 0 Å². The number of hydrogen-bond acceptors (Lipinski definition) is 3. The number of ether oxygens (including phenoxy) is 1. The van der Waals surface area contributed by atoms with E-state index in [0.29, 0.717) is 36.9 Å². The highest BCUT2D eigenvalue weighted by Crippen LogP contribution is 2.36. The van der Waals surface area contributed by atoms with E-state index in [1.54, 1.807) is 11.0 Å². The molecule has 92 valence electrons. The first-order valence-corrected chi connectivity index (χ1v) is 5.91. The van der Waals surface area contributed by atoms with Crippen LogP contribution < -0.4 is 15.4 Å². The van der Waals surface area contributed by atoms with Gasteiger partial charge >= 0.3 is 0 Å². The number of nitrogens with two attached hydrogens (primary N) is 1. The first kappa shape index (κ1) is 11.8. The summed E-state index contributed by atoms with van der Waals surface area (Å²) in [6, 6.07) is 5.51. The van der Waals surface area contributed by atoms with E-state index in [1.165, 1.54) is 0 Å². The Balaban J connectivity index is 2.29. The summed E-state index contributed by atoms with van der Waals surface area (Å²) >= 11 is 0. The fraction of sp³-hybridized carbons (Fsp3) is 0.462. The topological polar surface area (TPSA) is 55.6 Å². The molecule has 1 heterocycles. The van der Waals surface area contributed by atoms with Gasteiger partial charge in [0.15, 0.2) is 5.75 Å². The molecule has 0 atom stereocenters. The van der Waals surface area contributed by atoms with Crippen LogP contribution in [0.15, 0.2) is 18.2 Å². The molecule has 0 spiro atoms. The average Bonchev–Trinajstić information content (AvgIpc) is 2.28. The Hall–Kier alpha value is -1.71. The van der Waals surface area contributed by atoms with Crippen molar-refractivity contribution in [3.8, 4) is 5.75 Å². The Kier molecular flexibility index (Phi) is 3.22. The first-order chi connectivity index (χ1) is 8.09. The van der Waals surface area contributed by atoms with Crippen LogP contribution in [-0.4, -0.2) is 19.1 Å². The van der Waals surface area contributed by atoms with Crippen LogP contribution in [0.25, 0.3) is 0 Å². The minimum Gasteiger partial charge on any atom is -0.487 e. The molecule has 0 saturated heterocycles. The maximum absolute atomic E-state index is 12.1. The summed E-state index contributed by atoms with van der Waals surface area (Å²) in [4.78, 5) is 13.9. The third kappa shape index (κ3) is 2.35. The Labute approximate surface area is 101 Å². The fourth-order valence-electron chi connectivity index (χ4n) is 1.99. The summed E-state index contributed by atoms with van der Waals surface area (Å²) in [5, 5.41) is 0. The number of hydrogen-bond donors (Lipinski definition) is 1. The van der Waals surface area contributed by atoms with Crippen molar-refractivity contribution in [3.63, 3.8) is 0 Å². The largest absolute Gasteiger partial charge is 0.487 e. The molecule has 2 N–H and O–H groups in total.